The molecule has 0 heterocycles. The molecule has 0 saturated heterocycles. The minimum absolute atomic E-state index is 0.148. The van der Waals surface area contributed by atoms with E-state index in [1.54, 1.807) is 12.1 Å². The molecule has 0 aromatic heterocycles. The third-order valence-corrected chi connectivity index (χ3v) is 4.70. The van der Waals surface area contributed by atoms with Crippen molar-refractivity contribution in [3.63, 3.8) is 0 Å². The van der Waals surface area contributed by atoms with Gasteiger partial charge in [-0.25, -0.2) is 4.39 Å². The van der Waals surface area contributed by atoms with Crippen LogP contribution in [0.2, 0.25) is 39.3 Å². The van der Waals surface area contributed by atoms with Gasteiger partial charge in [-0.15, -0.1) is 0 Å². The molecule has 0 amide bonds. The fourth-order valence-electron chi connectivity index (χ4n) is 2.12. The highest BCUT2D eigenvalue weighted by Crippen LogP contribution is 2.30. The number of hydrogen-bond donors (Lipinski definition) is 0. The van der Waals surface area contributed by atoms with Gasteiger partial charge in [0.05, 0.1) is 12.2 Å². The predicted molar refractivity (Wildman–Crippen MR) is 87.5 cm³/mol. The quantitative estimate of drug-likeness (QED) is 0.691. The largest absolute Gasteiger partial charge is 0.412 e. The summed E-state index contributed by atoms with van der Waals surface area (Å²) in [6, 6.07) is 6.83. The van der Waals surface area contributed by atoms with Crippen molar-refractivity contribution >= 4 is 16.6 Å². The van der Waals surface area contributed by atoms with Crippen molar-refractivity contribution in [2.24, 2.45) is 0 Å². The molecule has 0 bridgehead atoms. The van der Waals surface area contributed by atoms with Gasteiger partial charge in [0, 0.05) is 5.56 Å². The second-order valence-electron chi connectivity index (χ2n) is 7.11. The van der Waals surface area contributed by atoms with Crippen molar-refractivity contribution in [3.8, 4) is 0 Å². The van der Waals surface area contributed by atoms with Gasteiger partial charge in [0.1, 0.15) is 5.82 Å². The summed E-state index contributed by atoms with van der Waals surface area (Å²) in [5, 5.41) is 0. The maximum Gasteiger partial charge on any atom is 0.184 e. The van der Waals surface area contributed by atoms with Crippen molar-refractivity contribution < 1.29 is 13.2 Å². The van der Waals surface area contributed by atoms with Gasteiger partial charge in [0.25, 0.3) is 0 Å². The highest BCUT2D eigenvalue weighted by atomic mass is 28.4. The van der Waals surface area contributed by atoms with Gasteiger partial charge < -0.3 is 8.85 Å². The van der Waals surface area contributed by atoms with Gasteiger partial charge in [-0.05, 0) is 52.3 Å². The highest BCUT2D eigenvalue weighted by molar-refractivity contribution is 6.70. The van der Waals surface area contributed by atoms with Gasteiger partial charge in [-0.2, -0.15) is 0 Å². The Kier molecular flexibility index (Phi) is 5.72. The monoisotopic (exact) mass is 314 g/mol. The number of halogens is 1. The average molecular weight is 315 g/mol. The lowest BCUT2D eigenvalue weighted by molar-refractivity contribution is 0.0526. The molecule has 0 aliphatic rings. The van der Waals surface area contributed by atoms with E-state index in [1.165, 1.54) is 6.07 Å². The summed E-state index contributed by atoms with van der Waals surface area (Å²) in [6.07, 6.45) is -0.486. The van der Waals surface area contributed by atoms with Crippen LogP contribution in [0, 0.1) is 5.82 Å². The molecular weight excluding hydrogens is 287 g/mol. The molecule has 1 rings (SSSR count). The molecule has 20 heavy (non-hydrogen) atoms. The SMILES string of the molecule is C[C@@H](O[Si](C)(C)C)[C@H](O[Si](C)(C)C)c1ccccc1F. The van der Waals surface area contributed by atoms with E-state index < -0.39 is 16.6 Å². The Bertz CT molecular complexity index is 438. The lowest BCUT2D eigenvalue weighted by atomic mass is 10.1. The second kappa shape index (κ2) is 6.51. The van der Waals surface area contributed by atoms with E-state index >= 15 is 0 Å². The first kappa shape index (κ1) is 17.6. The van der Waals surface area contributed by atoms with Gasteiger partial charge in [-0.3, -0.25) is 0 Å². The van der Waals surface area contributed by atoms with Crippen molar-refractivity contribution in [2.75, 3.05) is 0 Å². The minimum atomic E-state index is -1.80. The molecule has 1 aromatic rings. The summed E-state index contributed by atoms with van der Waals surface area (Å²) in [6.45, 7) is 14.7. The summed E-state index contributed by atoms with van der Waals surface area (Å²) < 4.78 is 26.4. The van der Waals surface area contributed by atoms with E-state index in [-0.39, 0.29) is 18.0 Å². The van der Waals surface area contributed by atoms with Crippen LogP contribution < -0.4 is 0 Å². The molecule has 0 N–H and O–H groups in total. The third-order valence-electron chi connectivity index (χ3n) is 2.66. The Balaban J connectivity index is 3.06. The standard InChI is InChI=1S/C15H27FO2Si2/c1-12(17-19(2,3)4)15(18-20(5,6)7)13-10-8-9-11-14(13)16/h8-12,15H,1-7H3/t12-,15+/m1/s1. The van der Waals surface area contributed by atoms with Crippen molar-refractivity contribution in [1.82, 2.24) is 0 Å². The van der Waals surface area contributed by atoms with E-state index in [9.17, 15) is 4.39 Å². The molecule has 0 saturated carbocycles. The highest BCUT2D eigenvalue weighted by Gasteiger charge is 2.31. The summed E-state index contributed by atoms with van der Waals surface area (Å²) in [5.74, 6) is -0.221. The average Bonchev–Trinajstić information content (AvgIpc) is 2.23. The zero-order chi connectivity index (χ0) is 15.6. The number of hydrogen-bond acceptors (Lipinski definition) is 2. The lowest BCUT2D eigenvalue weighted by Crippen LogP contribution is -2.39. The fourth-order valence-corrected chi connectivity index (χ4v) is 4.44. The van der Waals surface area contributed by atoms with Gasteiger partial charge >= 0.3 is 0 Å². The first-order valence-electron chi connectivity index (χ1n) is 7.10. The van der Waals surface area contributed by atoms with Crippen LogP contribution in [0.25, 0.3) is 0 Å². The predicted octanol–water partition coefficient (Wildman–Crippen LogP) is 4.96. The molecule has 0 aliphatic carbocycles. The maximum atomic E-state index is 14.1. The Morgan fingerprint density at radius 1 is 0.900 bits per heavy atom. The molecular formula is C15H27FO2Si2. The van der Waals surface area contributed by atoms with E-state index in [4.69, 9.17) is 8.85 Å². The summed E-state index contributed by atoms with van der Waals surface area (Å²) >= 11 is 0. The Morgan fingerprint density at radius 3 is 1.85 bits per heavy atom. The Labute approximate surface area is 124 Å². The normalized spacial score (nSPS) is 16.0. The zero-order valence-corrected chi connectivity index (χ0v) is 15.7. The first-order valence-corrected chi connectivity index (χ1v) is 13.9. The van der Waals surface area contributed by atoms with Gasteiger partial charge in [0.15, 0.2) is 16.6 Å². The van der Waals surface area contributed by atoms with Crippen molar-refractivity contribution in [2.45, 2.75) is 58.4 Å². The van der Waals surface area contributed by atoms with Crippen LogP contribution in [0.4, 0.5) is 4.39 Å². The fraction of sp³-hybridized carbons (Fsp3) is 0.600. The van der Waals surface area contributed by atoms with Crippen LogP contribution in [0.15, 0.2) is 24.3 Å². The minimum Gasteiger partial charge on any atom is -0.412 e. The van der Waals surface area contributed by atoms with Gasteiger partial charge in [0.2, 0.25) is 0 Å². The number of benzene rings is 1. The Hall–Kier alpha value is -0.496. The lowest BCUT2D eigenvalue weighted by Gasteiger charge is -2.34. The van der Waals surface area contributed by atoms with Crippen LogP contribution in [0.3, 0.4) is 0 Å². The molecule has 0 radical (unpaired) electrons. The molecule has 0 aliphatic heterocycles. The van der Waals surface area contributed by atoms with E-state index in [1.807, 2.05) is 13.0 Å². The van der Waals surface area contributed by atoms with Crippen molar-refractivity contribution in [3.05, 3.63) is 35.6 Å². The van der Waals surface area contributed by atoms with E-state index in [0.29, 0.717) is 5.56 Å². The third kappa shape index (κ3) is 5.87. The van der Waals surface area contributed by atoms with E-state index in [2.05, 4.69) is 39.3 Å². The summed E-state index contributed by atoms with van der Waals surface area (Å²) in [7, 11) is -3.49. The molecule has 5 heteroatoms. The van der Waals surface area contributed by atoms with Crippen molar-refractivity contribution in [1.29, 1.82) is 0 Å². The zero-order valence-electron chi connectivity index (χ0n) is 13.7. The van der Waals surface area contributed by atoms with Crippen LogP contribution in [-0.2, 0) is 8.85 Å². The maximum absolute atomic E-state index is 14.1. The topological polar surface area (TPSA) is 18.5 Å². The van der Waals surface area contributed by atoms with Crippen LogP contribution in [0.1, 0.15) is 18.6 Å². The molecule has 1 aromatic carbocycles. The van der Waals surface area contributed by atoms with E-state index in [0.717, 1.165) is 0 Å². The second-order valence-corrected chi connectivity index (χ2v) is 16.0. The summed E-state index contributed by atoms with van der Waals surface area (Å²) in [4.78, 5) is 0. The van der Waals surface area contributed by atoms with Crippen LogP contribution >= 0.6 is 0 Å². The molecule has 0 spiro atoms. The molecule has 2 nitrogen and oxygen atoms in total. The number of rotatable bonds is 6. The first-order chi connectivity index (χ1) is 8.99. The molecule has 0 fully saturated rings. The molecule has 114 valence electrons. The molecule has 0 unspecified atom stereocenters. The smallest absolute Gasteiger partial charge is 0.184 e. The molecule has 2 atom stereocenters. The van der Waals surface area contributed by atoms with Crippen LogP contribution in [0.5, 0.6) is 0 Å². The Morgan fingerprint density at radius 2 is 1.40 bits per heavy atom. The van der Waals surface area contributed by atoms with Crippen LogP contribution in [-0.4, -0.2) is 22.7 Å². The summed E-state index contributed by atoms with van der Waals surface area (Å²) in [5.41, 5.74) is 0.598. The van der Waals surface area contributed by atoms with Gasteiger partial charge in [-0.1, -0.05) is 18.2 Å².